The van der Waals surface area contributed by atoms with Gasteiger partial charge in [-0.1, -0.05) is 26.3 Å². The molecule has 3 heteroatoms. The zero-order chi connectivity index (χ0) is 11.1. The predicted octanol–water partition coefficient (Wildman–Crippen LogP) is 3.64. The lowest BCUT2D eigenvalue weighted by atomic mass is 10.1. The van der Waals surface area contributed by atoms with E-state index in [1.165, 1.54) is 12.8 Å². The molecule has 84 valence electrons. The highest BCUT2D eigenvalue weighted by atomic mass is 35.5. The van der Waals surface area contributed by atoms with Crippen LogP contribution in [0.4, 0.5) is 0 Å². The molecule has 1 rings (SSSR count). The molecule has 1 unspecified atom stereocenters. The molecule has 0 saturated carbocycles. The molecule has 0 amide bonds. The fourth-order valence-electron chi connectivity index (χ4n) is 1.38. The number of rotatable bonds is 6. The van der Waals surface area contributed by atoms with Gasteiger partial charge in [0.25, 0.3) is 0 Å². The molecule has 0 aliphatic rings. The SMILES string of the molecule is CCCC(C)COc1ccc(CCl)cn1. The molecule has 0 aliphatic heterocycles. The van der Waals surface area contributed by atoms with Gasteiger partial charge in [0.2, 0.25) is 5.88 Å². The number of hydrogen-bond donors (Lipinski definition) is 0. The summed E-state index contributed by atoms with van der Waals surface area (Å²) in [6.45, 7) is 5.11. The summed E-state index contributed by atoms with van der Waals surface area (Å²) in [5.41, 5.74) is 1.02. The Balaban J connectivity index is 2.37. The summed E-state index contributed by atoms with van der Waals surface area (Å²) < 4.78 is 5.57. The topological polar surface area (TPSA) is 22.1 Å². The van der Waals surface area contributed by atoms with Crippen LogP contribution in [0.1, 0.15) is 32.3 Å². The number of ether oxygens (including phenoxy) is 1. The highest BCUT2D eigenvalue weighted by molar-refractivity contribution is 6.17. The molecule has 0 N–H and O–H groups in total. The highest BCUT2D eigenvalue weighted by Crippen LogP contribution is 2.12. The van der Waals surface area contributed by atoms with Crippen LogP contribution < -0.4 is 4.74 Å². The second-order valence-electron chi connectivity index (χ2n) is 3.84. The Morgan fingerprint density at radius 3 is 2.80 bits per heavy atom. The van der Waals surface area contributed by atoms with Crippen molar-refractivity contribution in [2.24, 2.45) is 5.92 Å². The van der Waals surface area contributed by atoms with Gasteiger partial charge < -0.3 is 4.74 Å². The van der Waals surface area contributed by atoms with Gasteiger partial charge in [0.05, 0.1) is 6.61 Å². The lowest BCUT2D eigenvalue weighted by Gasteiger charge is -2.11. The number of pyridine rings is 1. The average molecular weight is 228 g/mol. The van der Waals surface area contributed by atoms with E-state index in [1.54, 1.807) is 6.20 Å². The molecule has 0 aromatic carbocycles. The van der Waals surface area contributed by atoms with Crippen molar-refractivity contribution in [1.82, 2.24) is 4.98 Å². The first-order chi connectivity index (χ1) is 7.26. The van der Waals surface area contributed by atoms with Crippen LogP contribution in [0.3, 0.4) is 0 Å². The lowest BCUT2D eigenvalue weighted by molar-refractivity contribution is 0.243. The summed E-state index contributed by atoms with van der Waals surface area (Å²) >= 11 is 5.67. The summed E-state index contributed by atoms with van der Waals surface area (Å²) in [6, 6.07) is 3.82. The minimum atomic E-state index is 0.500. The van der Waals surface area contributed by atoms with Crippen LogP contribution in [0.2, 0.25) is 0 Å². The smallest absolute Gasteiger partial charge is 0.213 e. The van der Waals surface area contributed by atoms with Gasteiger partial charge >= 0.3 is 0 Å². The van der Waals surface area contributed by atoms with Crippen molar-refractivity contribution in [2.45, 2.75) is 32.6 Å². The predicted molar refractivity (Wildman–Crippen MR) is 63.4 cm³/mol. The van der Waals surface area contributed by atoms with Gasteiger partial charge in [-0.2, -0.15) is 0 Å². The van der Waals surface area contributed by atoms with E-state index in [4.69, 9.17) is 16.3 Å². The molecule has 1 aromatic rings. The molecule has 0 saturated heterocycles. The maximum absolute atomic E-state index is 5.67. The lowest BCUT2D eigenvalue weighted by Crippen LogP contribution is -2.08. The second kappa shape index (κ2) is 6.67. The first-order valence-electron chi connectivity index (χ1n) is 5.40. The van der Waals surface area contributed by atoms with Gasteiger partial charge in [0.1, 0.15) is 0 Å². The van der Waals surface area contributed by atoms with Gasteiger partial charge in [-0.05, 0) is 17.9 Å². The van der Waals surface area contributed by atoms with Crippen molar-refractivity contribution in [3.63, 3.8) is 0 Å². The zero-order valence-electron chi connectivity index (χ0n) is 9.37. The largest absolute Gasteiger partial charge is 0.477 e. The summed E-state index contributed by atoms with van der Waals surface area (Å²) in [7, 11) is 0. The van der Waals surface area contributed by atoms with Gasteiger partial charge in [-0.15, -0.1) is 11.6 Å². The third kappa shape index (κ3) is 4.52. The molecular weight excluding hydrogens is 210 g/mol. The molecule has 0 aliphatic carbocycles. The summed E-state index contributed by atoms with van der Waals surface area (Å²) in [5, 5.41) is 0. The molecule has 0 spiro atoms. The van der Waals surface area contributed by atoms with E-state index in [0.29, 0.717) is 17.7 Å². The Morgan fingerprint density at radius 1 is 1.47 bits per heavy atom. The van der Waals surface area contributed by atoms with Crippen LogP contribution in [-0.4, -0.2) is 11.6 Å². The molecule has 1 aromatic heterocycles. The maximum Gasteiger partial charge on any atom is 0.213 e. The van der Waals surface area contributed by atoms with Gasteiger partial charge in [-0.3, -0.25) is 0 Å². The third-order valence-corrected chi connectivity index (χ3v) is 2.56. The minimum Gasteiger partial charge on any atom is -0.477 e. The van der Waals surface area contributed by atoms with Crippen LogP contribution in [0.5, 0.6) is 5.88 Å². The van der Waals surface area contributed by atoms with E-state index in [1.807, 2.05) is 12.1 Å². The van der Waals surface area contributed by atoms with E-state index < -0.39 is 0 Å². The normalized spacial score (nSPS) is 12.5. The van der Waals surface area contributed by atoms with Gasteiger partial charge in [-0.25, -0.2) is 4.98 Å². The standard InChI is InChI=1S/C12H18ClNO/c1-3-4-10(2)9-15-12-6-5-11(7-13)8-14-12/h5-6,8,10H,3-4,7,9H2,1-2H3. The summed E-state index contributed by atoms with van der Waals surface area (Å²) in [5.74, 6) is 1.77. The van der Waals surface area contributed by atoms with E-state index in [-0.39, 0.29) is 0 Å². The Kier molecular flexibility index (Phi) is 5.48. The number of nitrogens with zero attached hydrogens (tertiary/aromatic N) is 1. The van der Waals surface area contributed by atoms with Crippen LogP contribution in [-0.2, 0) is 5.88 Å². The van der Waals surface area contributed by atoms with E-state index in [2.05, 4.69) is 18.8 Å². The Bertz CT molecular complexity index is 273. The molecule has 15 heavy (non-hydrogen) atoms. The van der Waals surface area contributed by atoms with E-state index >= 15 is 0 Å². The van der Waals surface area contributed by atoms with E-state index in [0.717, 1.165) is 12.2 Å². The first-order valence-corrected chi connectivity index (χ1v) is 5.93. The van der Waals surface area contributed by atoms with Gasteiger partial charge in [0.15, 0.2) is 0 Å². The number of hydrogen-bond acceptors (Lipinski definition) is 2. The van der Waals surface area contributed by atoms with Crippen molar-refractivity contribution < 1.29 is 4.74 Å². The Hall–Kier alpha value is -0.760. The molecule has 1 heterocycles. The zero-order valence-corrected chi connectivity index (χ0v) is 10.1. The van der Waals surface area contributed by atoms with Crippen molar-refractivity contribution in [2.75, 3.05) is 6.61 Å². The average Bonchev–Trinajstić information content (AvgIpc) is 2.27. The van der Waals surface area contributed by atoms with Crippen molar-refractivity contribution in [3.05, 3.63) is 23.9 Å². The van der Waals surface area contributed by atoms with Crippen LogP contribution in [0.15, 0.2) is 18.3 Å². The monoisotopic (exact) mass is 227 g/mol. The van der Waals surface area contributed by atoms with Gasteiger partial charge in [0, 0.05) is 18.1 Å². The number of alkyl halides is 1. The van der Waals surface area contributed by atoms with Crippen LogP contribution in [0.25, 0.3) is 0 Å². The van der Waals surface area contributed by atoms with E-state index in [9.17, 15) is 0 Å². The molecule has 1 atom stereocenters. The molecular formula is C12H18ClNO. The maximum atomic E-state index is 5.67. The summed E-state index contributed by atoms with van der Waals surface area (Å²) in [6.07, 6.45) is 4.15. The highest BCUT2D eigenvalue weighted by Gasteiger charge is 2.02. The fourth-order valence-corrected chi connectivity index (χ4v) is 1.54. The number of halogens is 1. The fraction of sp³-hybridized carbons (Fsp3) is 0.583. The minimum absolute atomic E-state index is 0.500. The first kappa shape index (κ1) is 12.3. The third-order valence-electron chi connectivity index (χ3n) is 2.25. The molecule has 0 bridgehead atoms. The number of aromatic nitrogens is 1. The molecule has 2 nitrogen and oxygen atoms in total. The van der Waals surface area contributed by atoms with Crippen LogP contribution in [0, 0.1) is 5.92 Å². The Morgan fingerprint density at radius 2 is 2.27 bits per heavy atom. The van der Waals surface area contributed by atoms with Crippen LogP contribution >= 0.6 is 11.6 Å². The van der Waals surface area contributed by atoms with Crippen molar-refractivity contribution >= 4 is 11.6 Å². The molecule has 0 radical (unpaired) electrons. The quantitative estimate of drug-likeness (QED) is 0.693. The Labute approximate surface area is 96.6 Å². The van der Waals surface area contributed by atoms with Crippen molar-refractivity contribution in [3.8, 4) is 5.88 Å². The summed E-state index contributed by atoms with van der Waals surface area (Å²) in [4.78, 5) is 4.17. The van der Waals surface area contributed by atoms with Crippen molar-refractivity contribution in [1.29, 1.82) is 0 Å². The molecule has 0 fully saturated rings. The second-order valence-corrected chi connectivity index (χ2v) is 4.11.